The number of rotatable bonds is 14. The van der Waals surface area contributed by atoms with E-state index in [0.717, 1.165) is 54.7 Å². The van der Waals surface area contributed by atoms with Crippen molar-refractivity contribution in [3.63, 3.8) is 0 Å². The van der Waals surface area contributed by atoms with Crippen molar-refractivity contribution in [2.24, 2.45) is 0 Å². The lowest BCUT2D eigenvalue weighted by molar-refractivity contribution is -0.138. The first-order chi connectivity index (χ1) is 17.7. The van der Waals surface area contributed by atoms with Crippen molar-refractivity contribution in [1.29, 1.82) is 0 Å². The number of ether oxygens (including phenoxy) is 3. The summed E-state index contributed by atoms with van der Waals surface area (Å²) in [5.41, 5.74) is 2.66. The fourth-order valence-corrected chi connectivity index (χ4v) is 4.80. The Kier molecular flexibility index (Phi) is 9.84. The van der Waals surface area contributed by atoms with Gasteiger partial charge in [-0.3, -0.25) is 9.59 Å². The van der Waals surface area contributed by atoms with Crippen LogP contribution in [0.1, 0.15) is 93.3 Å². The van der Waals surface area contributed by atoms with Crippen molar-refractivity contribution in [2.75, 3.05) is 13.2 Å². The van der Waals surface area contributed by atoms with Crippen LogP contribution in [-0.2, 0) is 24.1 Å². The van der Waals surface area contributed by atoms with E-state index in [1.165, 1.54) is 6.92 Å². The Bertz CT molecular complexity index is 1110. The number of aromatic hydroxyl groups is 1. The van der Waals surface area contributed by atoms with Crippen LogP contribution in [0.2, 0.25) is 0 Å². The third-order valence-electron chi connectivity index (χ3n) is 6.86. The molecule has 0 aromatic heterocycles. The highest BCUT2D eigenvalue weighted by Crippen LogP contribution is 2.42. The highest BCUT2D eigenvalue weighted by molar-refractivity contribution is 5.97. The first-order valence-corrected chi connectivity index (χ1v) is 13.4. The van der Waals surface area contributed by atoms with E-state index < -0.39 is 11.6 Å². The number of phenolic OH excluding ortho intramolecular Hbond substituents is 1. The summed E-state index contributed by atoms with van der Waals surface area (Å²) in [6.07, 6.45) is 6.03. The van der Waals surface area contributed by atoms with Gasteiger partial charge in [-0.15, -0.1) is 0 Å². The van der Waals surface area contributed by atoms with Crippen LogP contribution >= 0.6 is 0 Å². The minimum Gasteiger partial charge on any atom is -0.507 e. The molecule has 0 spiro atoms. The average molecular weight is 513 g/mol. The van der Waals surface area contributed by atoms with E-state index in [1.54, 1.807) is 12.1 Å². The van der Waals surface area contributed by atoms with Crippen LogP contribution in [0.5, 0.6) is 23.0 Å². The Labute approximate surface area is 219 Å². The minimum atomic E-state index is -0.810. The Morgan fingerprint density at radius 3 is 2.24 bits per heavy atom. The van der Waals surface area contributed by atoms with Crippen LogP contribution in [0.25, 0.3) is 0 Å². The summed E-state index contributed by atoms with van der Waals surface area (Å²) in [4.78, 5) is 22.9. The summed E-state index contributed by atoms with van der Waals surface area (Å²) in [6.45, 7) is 8.43. The number of carbonyl (C=O) groups is 2. The smallest absolute Gasteiger partial charge is 0.303 e. The molecule has 0 aliphatic carbocycles. The fraction of sp³-hybridized carbons (Fsp3) is 0.533. The van der Waals surface area contributed by atoms with Crippen LogP contribution in [0.15, 0.2) is 24.3 Å². The Morgan fingerprint density at radius 1 is 1.00 bits per heavy atom. The molecular formula is C30H40O7. The van der Waals surface area contributed by atoms with E-state index in [2.05, 4.69) is 6.92 Å². The molecule has 202 valence electrons. The number of ketones is 1. The van der Waals surface area contributed by atoms with E-state index in [4.69, 9.17) is 19.3 Å². The predicted molar refractivity (Wildman–Crippen MR) is 142 cm³/mol. The van der Waals surface area contributed by atoms with Gasteiger partial charge in [-0.2, -0.15) is 0 Å². The molecule has 7 nitrogen and oxygen atoms in total. The number of hydrogen-bond acceptors (Lipinski definition) is 6. The van der Waals surface area contributed by atoms with E-state index in [0.29, 0.717) is 49.4 Å². The lowest BCUT2D eigenvalue weighted by atomic mass is 9.87. The molecule has 0 saturated heterocycles. The van der Waals surface area contributed by atoms with Crippen LogP contribution in [0.4, 0.5) is 0 Å². The molecule has 1 unspecified atom stereocenters. The van der Waals surface area contributed by atoms with Gasteiger partial charge in [0.05, 0.1) is 18.8 Å². The molecule has 0 radical (unpaired) electrons. The van der Waals surface area contributed by atoms with Gasteiger partial charge in [0.25, 0.3) is 0 Å². The van der Waals surface area contributed by atoms with Crippen LogP contribution in [-0.4, -0.2) is 40.8 Å². The number of carboxylic acids is 1. The number of carboxylic acid groups (broad SMARTS) is 1. The van der Waals surface area contributed by atoms with Gasteiger partial charge in [-0.05, 0) is 69.7 Å². The van der Waals surface area contributed by atoms with E-state index in [9.17, 15) is 14.7 Å². The molecule has 2 N–H and O–H groups in total. The number of carbonyl (C=O) groups excluding carboxylic acids is 1. The number of benzene rings is 2. The van der Waals surface area contributed by atoms with Gasteiger partial charge in [0.1, 0.15) is 28.6 Å². The van der Waals surface area contributed by atoms with Gasteiger partial charge >= 0.3 is 5.97 Å². The van der Waals surface area contributed by atoms with Gasteiger partial charge in [0.15, 0.2) is 5.78 Å². The second kappa shape index (κ2) is 12.8. The maximum Gasteiger partial charge on any atom is 0.303 e. The highest BCUT2D eigenvalue weighted by atomic mass is 16.5. The van der Waals surface area contributed by atoms with Crippen molar-refractivity contribution in [3.05, 3.63) is 46.5 Å². The monoisotopic (exact) mass is 512 g/mol. The number of hydrogen-bond donors (Lipinski definition) is 2. The van der Waals surface area contributed by atoms with Crippen LogP contribution in [0, 0.1) is 0 Å². The third kappa shape index (κ3) is 7.18. The molecule has 0 fully saturated rings. The van der Waals surface area contributed by atoms with Crippen molar-refractivity contribution in [2.45, 2.75) is 91.1 Å². The Balaban J connectivity index is 1.65. The zero-order valence-electron chi connectivity index (χ0n) is 22.5. The molecule has 3 rings (SSSR count). The van der Waals surface area contributed by atoms with Crippen molar-refractivity contribution in [3.8, 4) is 23.0 Å². The number of aryl methyl sites for hydroxylation is 1. The standard InChI is InChI=1S/C30H40O7/c1-5-8-23-25(13-11-22(20(3)31)28(23)34)35-18-7-19-36-26-12-10-21-14-16-30(4,17-15-27(32)33)37-29(21)24(26)9-6-2/h10-13,34H,5-9,14-19H2,1-4H3,(H,32,33). The number of Topliss-reactive ketones (excluding diaryl/α,β-unsaturated/α-hetero) is 1. The second-order valence-corrected chi connectivity index (χ2v) is 10.0. The summed E-state index contributed by atoms with van der Waals surface area (Å²) >= 11 is 0. The average Bonchev–Trinajstić information content (AvgIpc) is 2.85. The predicted octanol–water partition coefficient (Wildman–Crippen LogP) is 6.30. The lowest BCUT2D eigenvalue weighted by Crippen LogP contribution is -2.37. The van der Waals surface area contributed by atoms with E-state index in [-0.39, 0.29) is 18.0 Å². The molecule has 0 saturated carbocycles. The van der Waals surface area contributed by atoms with Gasteiger partial charge in [0.2, 0.25) is 0 Å². The first-order valence-electron chi connectivity index (χ1n) is 13.4. The number of aliphatic carboxylic acids is 1. The molecule has 2 aromatic carbocycles. The summed E-state index contributed by atoms with van der Waals surface area (Å²) < 4.78 is 18.6. The molecule has 0 bridgehead atoms. The second-order valence-electron chi connectivity index (χ2n) is 10.0. The molecule has 1 aliphatic heterocycles. The van der Waals surface area contributed by atoms with Crippen LogP contribution in [0.3, 0.4) is 0 Å². The topological polar surface area (TPSA) is 102 Å². The van der Waals surface area contributed by atoms with Crippen molar-refractivity contribution in [1.82, 2.24) is 0 Å². The van der Waals surface area contributed by atoms with Gasteiger partial charge in [-0.25, -0.2) is 0 Å². The maximum absolute atomic E-state index is 11.8. The molecule has 7 heteroatoms. The molecule has 1 atom stereocenters. The van der Waals surface area contributed by atoms with Gasteiger partial charge < -0.3 is 24.4 Å². The fourth-order valence-electron chi connectivity index (χ4n) is 4.80. The summed E-state index contributed by atoms with van der Waals surface area (Å²) in [5.74, 6) is 1.26. The first kappa shape index (κ1) is 28.4. The molecule has 37 heavy (non-hydrogen) atoms. The van der Waals surface area contributed by atoms with Crippen LogP contribution < -0.4 is 14.2 Å². The zero-order valence-corrected chi connectivity index (χ0v) is 22.5. The van der Waals surface area contributed by atoms with E-state index in [1.807, 2.05) is 26.0 Å². The van der Waals surface area contributed by atoms with E-state index >= 15 is 0 Å². The minimum absolute atomic E-state index is 0.0109. The summed E-state index contributed by atoms with van der Waals surface area (Å²) in [7, 11) is 0. The number of fused-ring (bicyclic) bond motifs is 1. The highest BCUT2D eigenvalue weighted by Gasteiger charge is 2.34. The Hall–Kier alpha value is -3.22. The normalized spacial score (nSPS) is 16.5. The molecule has 0 amide bonds. The van der Waals surface area contributed by atoms with Gasteiger partial charge in [-0.1, -0.05) is 32.8 Å². The quantitative estimate of drug-likeness (QED) is 0.226. The Morgan fingerprint density at radius 2 is 1.62 bits per heavy atom. The third-order valence-corrected chi connectivity index (χ3v) is 6.86. The van der Waals surface area contributed by atoms with Crippen molar-refractivity contribution < 1.29 is 34.0 Å². The molecule has 2 aromatic rings. The SMILES string of the molecule is CCCc1c(OCCCOc2ccc3c(c2CCC)OC(C)(CCC(=O)O)CC3)ccc(C(C)=O)c1O. The largest absolute Gasteiger partial charge is 0.507 e. The molecule has 1 aliphatic rings. The van der Waals surface area contributed by atoms with Crippen molar-refractivity contribution >= 4 is 11.8 Å². The maximum atomic E-state index is 11.8. The summed E-state index contributed by atoms with van der Waals surface area (Å²) in [6, 6.07) is 7.42. The lowest BCUT2D eigenvalue weighted by Gasteiger charge is -2.37. The molecular weight excluding hydrogens is 472 g/mol. The van der Waals surface area contributed by atoms with Gasteiger partial charge in [0, 0.05) is 24.0 Å². The summed E-state index contributed by atoms with van der Waals surface area (Å²) in [5, 5.41) is 19.7. The number of phenols is 1. The molecule has 1 heterocycles. The zero-order chi connectivity index (χ0) is 27.0.